The Balaban J connectivity index is 1.75. The molecule has 2 unspecified atom stereocenters. The molecular formula is C25H20BrFN2O3. The summed E-state index contributed by atoms with van der Waals surface area (Å²) in [7, 11) is 0. The van der Waals surface area contributed by atoms with Gasteiger partial charge in [0.25, 0.3) is 11.8 Å². The number of rotatable bonds is 5. The van der Waals surface area contributed by atoms with Gasteiger partial charge in [-0.1, -0.05) is 58.4 Å². The summed E-state index contributed by atoms with van der Waals surface area (Å²) < 4.78 is 15.3. The minimum absolute atomic E-state index is 0.141. The average molecular weight is 495 g/mol. The summed E-state index contributed by atoms with van der Waals surface area (Å²) in [6.45, 7) is 1.77. The zero-order valence-corrected chi connectivity index (χ0v) is 18.8. The molecule has 1 saturated heterocycles. The van der Waals surface area contributed by atoms with Gasteiger partial charge in [-0.2, -0.15) is 0 Å². The van der Waals surface area contributed by atoms with Gasteiger partial charge in [0.1, 0.15) is 11.9 Å². The summed E-state index contributed by atoms with van der Waals surface area (Å²) in [6, 6.07) is 20.0. The van der Waals surface area contributed by atoms with Crippen molar-refractivity contribution in [3.05, 3.63) is 100 Å². The van der Waals surface area contributed by atoms with Crippen LogP contribution in [0.2, 0.25) is 0 Å². The highest BCUT2D eigenvalue weighted by Crippen LogP contribution is 2.33. The Morgan fingerprint density at radius 2 is 1.62 bits per heavy atom. The Bertz CT molecular complexity index is 1170. The Labute approximate surface area is 193 Å². The number of benzene rings is 3. The Morgan fingerprint density at radius 1 is 1.00 bits per heavy atom. The summed E-state index contributed by atoms with van der Waals surface area (Å²) in [5, 5.41) is 0. The lowest BCUT2D eigenvalue weighted by molar-refractivity contribution is -0.122. The lowest BCUT2D eigenvalue weighted by Crippen LogP contribution is -2.47. The van der Waals surface area contributed by atoms with Crippen molar-refractivity contribution in [2.24, 2.45) is 0 Å². The molecule has 1 fully saturated rings. The number of hydrogen-bond acceptors (Lipinski definition) is 3. The number of anilines is 1. The van der Waals surface area contributed by atoms with Crippen molar-refractivity contribution < 1.29 is 18.8 Å². The van der Waals surface area contributed by atoms with E-state index in [0.29, 0.717) is 5.69 Å². The van der Waals surface area contributed by atoms with Gasteiger partial charge in [0.05, 0.1) is 23.7 Å². The maximum absolute atomic E-state index is 14.5. The summed E-state index contributed by atoms with van der Waals surface area (Å²) in [5.74, 6) is -2.23. The number of nitrogens with zero attached hydrogens (tertiary/aromatic N) is 2. The molecular weight excluding hydrogens is 475 g/mol. The monoisotopic (exact) mass is 494 g/mol. The molecule has 1 heterocycles. The van der Waals surface area contributed by atoms with Gasteiger partial charge in [-0.05, 0) is 48.9 Å². The molecule has 1 aliphatic heterocycles. The van der Waals surface area contributed by atoms with Crippen LogP contribution in [0, 0.1) is 5.82 Å². The molecule has 0 saturated carbocycles. The van der Waals surface area contributed by atoms with E-state index >= 15 is 0 Å². The number of carbonyl (C=O) groups excluding carboxylic acids is 3. The molecule has 3 amide bonds. The van der Waals surface area contributed by atoms with E-state index in [2.05, 4.69) is 15.9 Å². The molecule has 1 aliphatic rings. The van der Waals surface area contributed by atoms with E-state index < -0.39 is 35.6 Å². The van der Waals surface area contributed by atoms with Crippen LogP contribution in [-0.4, -0.2) is 28.7 Å². The van der Waals surface area contributed by atoms with Crippen molar-refractivity contribution >= 4 is 39.3 Å². The second kappa shape index (κ2) is 9.04. The first-order valence-corrected chi connectivity index (χ1v) is 10.9. The van der Waals surface area contributed by atoms with Gasteiger partial charge in [-0.15, -0.1) is 0 Å². The highest BCUT2D eigenvalue weighted by Gasteiger charge is 2.46. The van der Waals surface area contributed by atoms with Crippen LogP contribution in [-0.2, 0) is 9.59 Å². The molecule has 0 aliphatic carbocycles. The van der Waals surface area contributed by atoms with Crippen molar-refractivity contribution in [2.45, 2.75) is 25.4 Å². The van der Waals surface area contributed by atoms with Gasteiger partial charge >= 0.3 is 0 Å². The molecule has 2 atom stereocenters. The summed E-state index contributed by atoms with van der Waals surface area (Å²) in [5.41, 5.74) is 1.06. The van der Waals surface area contributed by atoms with Gasteiger partial charge in [-0.25, -0.2) is 9.29 Å². The van der Waals surface area contributed by atoms with Gasteiger partial charge < -0.3 is 4.90 Å². The maximum Gasteiger partial charge on any atom is 0.258 e. The van der Waals surface area contributed by atoms with Crippen molar-refractivity contribution in [1.82, 2.24) is 4.90 Å². The minimum Gasteiger partial charge on any atom is -0.319 e. The average Bonchev–Trinajstić information content (AvgIpc) is 3.09. The summed E-state index contributed by atoms with van der Waals surface area (Å²) >= 11 is 3.34. The second-order valence-corrected chi connectivity index (χ2v) is 8.46. The predicted octanol–water partition coefficient (Wildman–Crippen LogP) is 5.12. The third-order valence-corrected chi connectivity index (χ3v) is 6.11. The highest BCUT2D eigenvalue weighted by atomic mass is 79.9. The first-order chi connectivity index (χ1) is 15.4. The van der Waals surface area contributed by atoms with Crippen LogP contribution in [0.15, 0.2) is 83.3 Å². The van der Waals surface area contributed by atoms with E-state index in [1.807, 2.05) is 30.3 Å². The summed E-state index contributed by atoms with van der Waals surface area (Å²) in [4.78, 5) is 42.2. The van der Waals surface area contributed by atoms with Crippen LogP contribution in [0.5, 0.6) is 0 Å². The van der Waals surface area contributed by atoms with E-state index in [4.69, 9.17) is 0 Å². The fourth-order valence-corrected chi connectivity index (χ4v) is 4.21. The molecule has 0 bridgehead atoms. The molecule has 0 radical (unpaired) electrons. The third-order valence-electron chi connectivity index (χ3n) is 5.58. The van der Waals surface area contributed by atoms with Crippen LogP contribution in [0.4, 0.5) is 10.1 Å². The number of carbonyl (C=O) groups is 3. The maximum atomic E-state index is 14.5. The van der Waals surface area contributed by atoms with Crippen LogP contribution in [0.25, 0.3) is 0 Å². The Morgan fingerprint density at radius 3 is 2.28 bits per heavy atom. The second-order valence-electron chi connectivity index (χ2n) is 7.54. The van der Waals surface area contributed by atoms with E-state index in [1.54, 1.807) is 37.3 Å². The quantitative estimate of drug-likeness (QED) is 0.462. The third kappa shape index (κ3) is 4.08. The predicted molar refractivity (Wildman–Crippen MR) is 122 cm³/mol. The normalized spacial score (nSPS) is 16.8. The van der Waals surface area contributed by atoms with E-state index in [9.17, 15) is 18.8 Å². The molecule has 32 heavy (non-hydrogen) atoms. The lowest BCUT2D eigenvalue weighted by atomic mass is 10.0. The number of hydrogen-bond donors (Lipinski definition) is 0. The molecule has 5 nitrogen and oxygen atoms in total. The van der Waals surface area contributed by atoms with Crippen LogP contribution in [0.3, 0.4) is 0 Å². The van der Waals surface area contributed by atoms with Crippen LogP contribution in [0.1, 0.15) is 35.3 Å². The highest BCUT2D eigenvalue weighted by molar-refractivity contribution is 9.10. The number of amides is 3. The smallest absolute Gasteiger partial charge is 0.258 e. The van der Waals surface area contributed by atoms with Gasteiger partial charge in [0.2, 0.25) is 5.91 Å². The Hall–Kier alpha value is -3.32. The fourth-order valence-electron chi connectivity index (χ4n) is 3.95. The van der Waals surface area contributed by atoms with Crippen molar-refractivity contribution in [3.63, 3.8) is 0 Å². The zero-order valence-electron chi connectivity index (χ0n) is 17.2. The zero-order chi connectivity index (χ0) is 22.8. The summed E-state index contributed by atoms with van der Waals surface area (Å²) in [6.07, 6.45) is -0.174. The standard InChI is InChI=1S/C25H20BrFN2O3/c1-16(17-7-3-2-4-8-17)28(24(31)20-9-5-6-10-21(20)27)22-15-23(30)29(25(22)32)19-13-11-18(26)12-14-19/h2-14,16,22H,15H2,1H3. The van der Waals surface area contributed by atoms with Gasteiger partial charge in [0, 0.05) is 4.47 Å². The molecule has 0 aromatic heterocycles. The SMILES string of the molecule is CC(c1ccccc1)N(C(=O)c1ccccc1F)C1CC(=O)N(c2ccc(Br)cc2)C1=O. The van der Waals surface area contributed by atoms with Crippen molar-refractivity contribution in [3.8, 4) is 0 Å². The minimum atomic E-state index is -1.05. The molecule has 7 heteroatoms. The molecule has 0 spiro atoms. The fraction of sp³-hybridized carbons (Fsp3) is 0.160. The Kier molecular flexibility index (Phi) is 6.19. The largest absolute Gasteiger partial charge is 0.319 e. The first kappa shape index (κ1) is 21.9. The van der Waals surface area contributed by atoms with Gasteiger partial charge in [0.15, 0.2) is 0 Å². The van der Waals surface area contributed by atoms with Crippen molar-refractivity contribution in [1.29, 1.82) is 0 Å². The lowest BCUT2D eigenvalue weighted by Gasteiger charge is -2.33. The molecule has 4 rings (SSSR count). The first-order valence-electron chi connectivity index (χ1n) is 10.1. The van der Waals surface area contributed by atoms with E-state index in [1.165, 1.54) is 23.1 Å². The topological polar surface area (TPSA) is 57.7 Å². The molecule has 3 aromatic carbocycles. The van der Waals surface area contributed by atoms with E-state index in [-0.39, 0.29) is 12.0 Å². The van der Waals surface area contributed by atoms with E-state index in [0.717, 1.165) is 14.9 Å². The van der Waals surface area contributed by atoms with Crippen LogP contribution >= 0.6 is 15.9 Å². The number of imide groups is 1. The number of halogens is 2. The molecule has 162 valence electrons. The van der Waals surface area contributed by atoms with Crippen LogP contribution < -0.4 is 4.90 Å². The van der Waals surface area contributed by atoms with Crippen molar-refractivity contribution in [2.75, 3.05) is 4.90 Å². The van der Waals surface area contributed by atoms with Gasteiger partial charge in [-0.3, -0.25) is 14.4 Å². The molecule has 0 N–H and O–H groups in total. The molecule has 3 aromatic rings.